The first kappa shape index (κ1) is 10.9. The van der Waals surface area contributed by atoms with Crippen LogP contribution in [0.1, 0.15) is 44.9 Å². The summed E-state index contributed by atoms with van der Waals surface area (Å²) in [7, 11) is 1.49. The van der Waals surface area contributed by atoms with E-state index in [1.54, 1.807) is 0 Å². The first-order chi connectivity index (χ1) is 7.29. The first-order valence-electron chi connectivity index (χ1n) is 6.13. The second-order valence-corrected chi connectivity index (χ2v) is 4.88. The van der Waals surface area contributed by atoms with Gasteiger partial charge in [0.1, 0.15) is 0 Å². The maximum absolute atomic E-state index is 11.4. The summed E-state index contributed by atoms with van der Waals surface area (Å²) >= 11 is 0. The largest absolute Gasteiger partial charge is 0.469 e. The van der Waals surface area contributed by atoms with Gasteiger partial charge in [0.15, 0.2) is 0 Å². The van der Waals surface area contributed by atoms with Gasteiger partial charge in [-0.25, -0.2) is 0 Å². The highest BCUT2D eigenvalue weighted by Gasteiger charge is 2.30. The topological polar surface area (TPSA) is 38.3 Å². The van der Waals surface area contributed by atoms with Crippen molar-refractivity contribution in [1.29, 1.82) is 0 Å². The molecule has 1 N–H and O–H groups in total. The van der Waals surface area contributed by atoms with Crippen molar-refractivity contribution >= 4 is 5.97 Å². The van der Waals surface area contributed by atoms with E-state index in [1.807, 2.05) is 0 Å². The number of methoxy groups -OCH3 is 1. The van der Waals surface area contributed by atoms with Crippen molar-refractivity contribution < 1.29 is 9.53 Å². The van der Waals surface area contributed by atoms with E-state index >= 15 is 0 Å². The number of rotatable bonds is 3. The number of carbonyl (C=O) groups excluding carboxylic acids is 1. The van der Waals surface area contributed by atoms with Crippen LogP contribution in [0, 0.1) is 5.92 Å². The zero-order valence-corrected chi connectivity index (χ0v) is 9.50. The van der Waals surface area contributed by atoms with Crippen LogP contribution in [0.5, 0.6) is 0 Å². The predicted molar refractivity (Wildman–Crippen MR) is 58.5 cm³/mol. The van der Waals surface area contributed by atoms with Crippen molar-refractivity contribution in [1.82, 2.24) is 5.32 Å². The number of nitrogens with one attached hydrogen (secondary N) is 1. The van der Waals surface area contributed by atoms with E-state index in [-0.39, 0.29) is 11.9 Å². The van der Waals surface area contributed by atoms with Gasteiger partial charge in [0.05, 0.1) is 13.0 Å². The van der Waals surface area contributed by atoms with Crippen molar-refractivity contribution in [3.8, 4) is 0 Å². The van der Waals surface area contributed by atoms with Crippen LogP contribution < -0.4 is 5.32 Å². The van der Waals surface area contributed by atoms with Crippen molar-refractivity contribution in [2.75, 3.05) is 7.11 Å². The maximum Gasteiger partial charge on any atom is 0.308 e. The van der Waals surface area contributed by atoms with Gasteiger partial charge in [-0.2, -0.15) is 0 Å². The Kier molecular flexibility index (Phi) is 3.62. The Morgan fingerprint density at radius 2 is 1.80 bits per heavy atom. The molecule has 0 aromatic rings. The standard InChI is InChI=1S/C12H21NO2/c1-15-12(14)9-4-2-7-11(8-9)13-10-5-3-6-10/h9-11,13H,2-8H2,1H3. The lowest BCUT2D eigenvalue weighted by molar-refractivity contribution is -0.146. The molecule has 15 heavy (non-hydrogen) atoms. The Morgan fingerprint density at radius 1 is 1.13 bits per heavy atom. The molecule has 0 amide bonds. The summed E-state index contributed by atoms with van der Waals surface area (Å²) < 4.78 is 4.82. The van der Waals surface area contributed by atoms with Gasteiger partial charge >= 0.3 is 5.97 Å². The highest BCUT2D eigenvalue weighted by Crippen LogP contribution is 2.28. The monoisotopic (exact) mass is 211 g/mol. The lowest BCUT2D eigenvalue weighted by Crippen LogP contribution is -2.45. The molecule has 0 radical (unpaired) electrons. The second kappa shape index (κ2) is 4.97. The Hall–Kier alpha value is -0.570. The molecule has 2 unspecified atom stereocenters. The van der Waals surface area contributed by atoms with Crippen molar-refractivity contribution in [2.24, 2.45) is 5.92 Å². The number of carbonyl (C=O) groups is 1. The molecule has 2 rings (SSSR count). The van der Waals surface area contributed by atoms with Gasteiger partial charge in [0.25, 0.3) is 0 Å². The van der Waals surface area contributed by atoms with Gasteiger partial charge in [0.2, 0.25) is 0 Å². The van der Waals surface area contributed by atoms with Crippen LogP contribution >= 0.6 is 0 Å². The number of esters is 1. The fraction of sp³-hybridized carbons (Fsp3) is 0.917. The number of hydrogen-bond acceptors (Lipinski definition) is 3. The second-order valence-electron chi connectivity index (χ2n) is 4.88. The van der Waals surface area contributed by atoms with Crippen LogP contribution in [0.4, 0.5) is 0 Å². The molecule has 0 spiro atoms. The minimum atomic E-state index is -0.0184. The fourth-order valence-electron chi connectivity index (χ4n) is 2.63. The first-order valence-corrected chi connectivity index (χ1v) is 6.13. The molecule has 0 aromatic carbocycles. The highest BCUT2D eigenvalue weighted by molar-refractivity contribution is 5.72. The molecular formula is C12H21NO2. The van der Waals surface area contributed by atoms with E-state index in [1.165, 1.54) is 32.8 Å². The maximum atomic E-state index is 11.4. The van der Waals surface area contributed by atoms with E-state index in [2.05, 4.69) is 5.32 Å². The van der Waals surface area contributed by atoms with Crippen LogP contribution in [-0.2, 0) is 9.53 Å². The van der Waals surface area contributed by atoms with Crippen LogP contribution in [0.3, 0.4) is 0 Å². The lowest BCUT2D eigenvalue weighted by atomic mass is 9.83. The third-order valence-electron chi connectivity index (χ3n) is 3.79. The number of ether oxygens (including phenoxy) is 1. The van der Waals surface area contributed by atoms with Crippen molar-refractivity contribution in [3.05, 3.63) is 0 Å². The molecule has 0 bridgehead atoms. The van der Waals surface area contributed by atoms with E-state index in [0.29, 0.717) is 6.04 Å². The fourth-order valence-corrected chi connectivity index (χ4v) is 2.63. The van der Waals surface area contributed by atoms with Crippen molar-refractivity contribution in [2.45, 2.75) is 57.0 Å². The minimum Gasteiger partial charge on any atom is -0.469 e. The summed E-state index contributed by atoms with van der Waals surface area (Å²) in [5.41, 5.74) is 0. The molecule has 3 nitrogen and oxygen atoms in total. The summed E-state index contributed by atoms with van der Waals surface area (Å²) in [6, 6.07) is 1.28. The molecule has 2 aliphatic rings. The molecule has 2 saturated carbocycles. The predicted octanol–water partition coefficient (Wildman–Crippen LogP) is 1.86. The third kappa shape index (κ3) is 2.71. The highest BCUT2D eigenvalue weighted by atomic mass is 16.5. The number of hydrogen-bond donors (Lipinski definition) is 1. The molecule has 2 aliphatic carbocycles. The third-order valence-corrected chi connectivity index (χ3v) is 3.79. The average Bonchev–Trinajstić information content (AvgIpc) is 2.23. The molecule has 2 fully saturated rings. The molecule has 3 heteroatoms. The van der Waals surface area contributed by atoms with Gasteiger partial charge in [-0.15, -0.1) is 0 Å². The van der Waals surface area contributed by atoms with Crippen molar-refractivity contribution in [3.63, 3.8) is 0 Å². The molecule has 86 valence electrons. The van der Waals surface area contributed by atoms with Gasteiger partial charge in [0, 0.05) is 12.1 Å². The van der Waals surface area contributed by atoms with Gasteiger partial charge in [-0.3, -0.25) is 4.79 Å². The van der Waals surface area contributed by atoms with E-state index in [0.717, 1.165) is 25.3 Å². The molecule has 2 atom stereocenters. The Labute approximate surface area is 91.6 Å². The van der Waals surface area contributed by atoms with Crippen LogP contribution in [0.2, 0.25) is 0 Å². The van der Waals surface area contributed by atoms with Crippen LogP contribution in [0.25, 0.3) is 0 Å². The summed E-state index contributed by atoms with van der Waals surface area (Å²) in [5.74, 6) is 0.122. The van der Waals surface area contributed by atoms with Gasteiger partial charge < -0.3 is 10.1 Å². The Balaban J connectivity index is 1.78. The van der Waals surface area contributed by atoms with E-state index in [9.17, 15) is 4.79 Å². The van der Waals surface area contributed by atoms with Gasteiger partial charge in [-0.1, -0.05) is 12.8 Å². The van der Waals surface area contributed by atoms with Crippen LogP contribution in [0.15, 0.2) is 0 Å². The zero-order valence-electron chi connectivity index (χ0n) is 9.50. The normalized spacial score (nSPS) is 32.1. The minimum absolute atomic E-state index is 0.0184. The average molecular weight is 211 g/mol. The Bertz CT molecular complexity index is 226. The molecule has 0 aliphatic heterocycles. The molecular weight excluding hydrogens is 190 g/mol. The summed E-state index contributed by atoms with van der Waals surface area (Å²) in [6.45, 7) is 0. The van der Waals surface area contributed by atoms with E-state index in [4.69, 9.17) is 4.74 Å². The van der Waals surface area contributed by atoms with Crippen LogP contribution in [-0.4, -0.2) is 25.2 Å². The molecule has 0 aromatic heterocycles. The molecule has 0 heterocycles. The summed E-state index contributed by atoms with van der Waals surface area (Å²) in [5, 5.41) is 3.66. The quantitative estimate of drug-likeness (QED) is 0.724. The molecule has 0 saturated heterocycles. The van der Waals surface area contributed by atoms with E-state index < -0.39 is 0 Å². The van der Waals surface area contributed by atoms with Gasteiger partial charge in [-0.05, 0) is 32.1 Å². The lowest BCUT2D eigenvalue weighted by Gasteiger charge is -2.35. The summed E-state index contributed by atoms with van der Waals surface area (Å²) in [6.07, 6.45) is 8.37. The SMILES string of the molecule is COC(=O)C1CCCC(NC2CCC2)C1. The zero-order chi connectivity index (χ0) is 10.7. The Morgan fingerprint density at radius 3 is 2.40 bits per heavy atom. The smallest absolute Gasteiger partial charge is 0.308 e. The summed E-state index contributed by atoms with van der Waals surface area (Å²) in [4.78, 5) is 11.4.